The lowest BCUT2D eigenvalue weighted by atomic mass is 10.2. The van der Waals surface area contributed by atoms with Crippen LogP contribution in [0.4, 0.5) is 5.69 Å². The molecule has 14 heavy (non-hydrogen) atoms. The van der Waals surface area contributed by atoms with Crippen LogP contribution in [0.2, 0.25) is 0 Å². The van der Waals surface area contributed by atoms with Gasteiger partial charge < -0.3 is 4.74 Å². The maximum Gasteiger partial charge on any atom is 0.147 e. The maximum absolute atomic E-state index is 5.18. The van der Waals surface area contributed by atoms with E-state index in [1.54, 1.807) is 7.11 Å². The highest BCUT2D eigenvalue weighted by atomic mass is 16.9. The molecule has 0 heterocycles. The molecule has 4 nitrogen and oxygen atoms in total. The van der Waals surface area contributed by atoms with Gasteiger partial charge in [0.05, 0.1) is 21.3 Å². The largest absolute Gasteiger partial charge is 0.494 e. The van der Waals surface area contributed by atoms with Crippen LogP contribution in [0, 0.1) is 6.92 Å². The van der Waals surface area contributed by atoms with Gasteiger partial charge in [0.2, 0.25) is 0 Å². The third-order valence-electron chi connectivity index (χ3n) is 1.86. The summed E-state index contributed by atoms with van der Waals surface area (Å²) < 4.78 is 5.18. The van der Waals surface area contributed by atoms with Crippen molar-refractivity contribution in [3.8, 4) is 5.75 Å². The van der Waals surface area contributed by atoms with Gasteiger partial charge in [0.1, 0.15) is 11.4 Å². The smallest absolute Gasteiger partial charge is 0.147 e. The molecule has 0 radical (unpaired) electrons. The van der Waals surface area contributed by atoms with Crippen LogP contribution in [0.25, 0.3) is 0 Å². The van der Waals surface area contributed by atoms with Crippen molar-refractivity contribution in [3.63, 3.8) is 0 Å². The molecule has 1 aromatic carbocycles. The van der Waals surface area contributed by atoms with Crippen LogP contribution in [0.15, 0.2) is 18.2 Å². The quantitative estimate of drug-likeness (QED) is 0.690. The second-order valence-electron chi connectivity index (χ2n) is 2.80. The number of aryl methyl sites for hydroxylation is 1. The van der Waals surface area contributed by atoms with Crippen LogP contribution >= 0.6 is 0 Å². The minimum atomic E-state index is 0.708. The number of rotatable bonds is 4. The topological polar surface area (TPSA) is 30.9 Å². The summed E-state index contributed by atoms with van der Waals surface area (Å²) in [6.07, 6.45) is 0. The van der Waals surface area contributed by atoms with E-state index in [2.05, 4.69) is 0 Å². The fourth-order valence-corrected chi connectivity index (χ4v) is 1.21. The fourth-order valence-electron chi connectivity index (χ4n) is 1.21. The summed E-state index contributed by atoms with van der Waals surface area (Å²) in [7, 11) is 4.67. The first-order valence-corrected chi connectivity index (χ1v) is 4.26. The Bertz CT molecular complexity index is 297. The molecule has 0 saturated heterocycles. The Balaban J connectivity index is 3.08. The zero-order chi connectivity index (χ0) is 10.6. The number of hydrogen-bond donors (Lipinski definition) is 0. The summed E-state index contributed by atoms with van der Waals surface area (Å²) in [5, 5.41) is 1.30. The molecule has 0 amide bonds. The van der Waals surface area contributed by atoms with Crippen molar-refractivity contribution in [2.45, 2.75) is 6.92 Å². The van der Waals surface area contributed by atoms with Gasteiger partial charge in [-0.05, 0) is 24.6 Å². The van der Waals surface area contributed by atoms with E-state index in [-0.39, 0.29) is 0 Å². The van der Waals surface area contributed by atoms with Crippen molar-refractivity contribution in [1.82, 2.24) is 0 Å². The summed E-state index contributed by atoms with van der Waals surface area (Å²) >= 11 is 0. The Kier molecular flexibility index (Phi) is 3.73. The molecule has 0 atom stereocenters. The molecular weight excluding hydrogens is 182 g/mol. The zero-order valence-corrected chi connectivity index (χ0v) is 8.90. The molecule has 4 heteroatoms. The van der Waals surface area contributed by atoms with Crippen molar-refractivity contribution < 1.29 is 14.4 Å². The molecule has 0 aromatic heterocycles. The van der Waals surface area contributed by atoms with E-state index in [0.29, 0.717) is 5.75 Å². The van der Waals surface area contributed by atoms with E-state index in [0.717, 1.165) is 11.3 Å². The number of nitrogens with zero attached hydrogens (tertiary/aromatic N) is 1. The lowest BCUT2D eigenvalue weighted by Gasteiger charge is -2.20. The van der Waals surface area contributed by atoms with Gasteiger partial charge in [-0.1, -0.05) is 6.07 Å². The molecule has 0 unspecified atom stereocenters. The van der Waals surface area contributed by atoms with E-state index in [1.165, 1.54) is 19.4 Å². The van der Waals surface area contributed by atoms with E-state index in [4.69, 9.17) is 14.4 Å². The number of methoxy groups -OCH3 is 1. The highest BCUT2D eigenvalue weighted by Crippen LogP contribution is 2.29. The van der Waals surface area contributed by atoms with Crippen LogP contribution in [0.3, 0.4) is 0 Å². The van der Waals surface area contributed by atoms with E-state index in [9.17, 15) is 0 Å². The molecule has 1 aromatic rings. The van der Waals surface area contributed by atoms with Crippen molar-refractivity contribution in [1.29, 1.82) is 0 Å². The highest BCUT2D eigenvalue weighted by Gasteiger charge is 2.11. The van der Waals surface area contributed by atoms with E-state index >= 15 is 0 Å². The van der Waals surface area contributed by atoms with Crippen molar-refractivity contribution in [2.75, 3.05) is 26.6 Å². The molecule has 0 aliphatic rings. The molecule has 0 aliphatic heterocycles. The van der Waals surface area contributed by atoms with Gasteiger partial charge in [-0.3, -0.25) is 9.68 Å². The number of benzene rings is 1. The van der Waals surface area contributed by atoms with Crippen LogP contribution in [-0.4, -0.2) is 21.3 Å². The maximum atomic E-state index is 5.18. The summed E-state index contributed by atoms with van der Waals surface area (Å²) in [5.74, 6) is 0.708. The van der Waals surface area contributed by atoms with Crippen LogP contribution in [0.5, 0.6) is 5.75 Å². The molecule has 1 rings (SSSR count). The Hall–Kier alpha value is -1.26. The first-order chi connectivity index (χ1) is 6.72. The van der Waals surface area contributed by atoms with Gasteiger partial charge in [0.15, 0.2) is 0 Å². The third kappa shape index (κ3) is 2.16. The second-order valence-corrected chi connectivity index (χ2v) is 2.80. The first-order valence-electron chi connectivity index (χ1n) is 4.26. The Morgan fingerprint density at radius 2 is 1.71 bits per heavy atom. The van der Waals surface area contributed by atoms with E-state index in [1.807, 2.05) is 25.1 Å². The molecule has 0 fully saturated rings. The number of ether oxygens (including phenoxy) is 1. The predicted octanol–water partition coefficient (Wildman–Crippen LogP) is 1.93. The zero-order valence-electron chi connectivity index (χ0n) is 8.90. The third-order valence-corrected chi connectivity index (χ3v) is 1.86. The van der Waals surface area contributed by atoms with Gasteiger partial charge in [0, 0.05) is 0 Å². The summed E-state index contributed by atoms with van der Waals surface area (Å²) in [5.41, 5.74) is 1.86. The molecule has 0 spiro atoms. The van der Waals surface area contributed by atoms with Crippen LogP contribution in [0.1, 0.15) is 5.56 Å². The van der Waals surface area contributed by atoms with Crippen molar-refractivity contribution in [3.05, 3.63) is 23.8 Å². The van der Waals surface area contributed by atoms with Gasteiger partial charge >= 0.3 is 0 Å². The summed E-state index contributed by atoms with van der Waals surface area (Å²) in [6.45, 7) is 1.99. The molecule has 0 bridgehead atoms. The highest BCUT2D eigenvalue weighted by molar-refractivity contribution is 5.57. The average molecular weight is 197 g/mol. The molecular formula is C10H15NO3. The predicted molar refractivity (Wildman–Crippen MR) is 54.2 cm³/mol. The van der Waals surface area contributed by atoms with Gasteiger partial charge in [-0.2, -0.15) is 0 Å². The summed E-state index contributed by atoms with van der Waals surface area (Å²) in [6, 6.07) is 5.76. The fraction of sp³-hybridized carbons (Fsp3) is 0.400. The van der Waals surface area contributed by atoms with Crippen molar-refractivity contribution in [2.24, 2.45) is 0 Å². The average Bonchev–Trinajstić information content (AvgIpc) is 2.20. The number of hydrogen-bond acceptors (Lipinski definition) is 4. The normalized spacial score (nSPS) is 10.0. The monoisotopic (exact) mass is 197 g/mol. The Labute approximate surface area is 83.9 Å². The molecule has 0 saturated carbocycles. The molecule has 0 N–H and O–H groups in total. The molecule has 78 valence electrons. The van der Waals surface area contributed by atoms with Crippen molar-refractivity contribution >= 4 is 5.69 Å². The SMILES string of the molecule is COc1ccc(C)cc1N(OC)OC. The van der Waals surface area contributed by atoms with Crippen LogP contribution in [-0.2, 0) is 9.68 Å². The van der Waals surface area contributed by atoms with Gasteiger partial charge in [0.25, 0.3) is 0 Å². The Morgan fingerprint density at radius 1 is 1.07 bits per heavy atom. The van der Waals surface area contributed by atoms with Gasteiger partial charge in [-0.15, -0.1) is 5.23 Å². The van der Waals surface area contributed by atoms with Gasteiger partial charge in [-0.25, -0.2) is 0 Å². The minimum absolute atomic E-state index is 0.708. The second kappa shape index (κ2) is 4.83. The molecule has 0 aliphatic carbocycles. The van der Waals surface area contributed by atoms with Crippen LogP contribution < -0.4 is 9.96 Å². The van der Waals surface area contributed by atoms with E-state index < -0.39 is 0 Å². The number of anilines is 1. The standard InChI is InChI=1S/C10H15NO3/c1-8-5-6-10(12-2)9(7-8)11(13-3)14-4/h5-7H,1-4H3. The lowest BCUT2D eigenvalue weighted by Crippen LogP contribution is -2.20. The minimum Gasteiger partial charge on any atom is -0.494 e. The Morgan fingerprint density at radius 3 is 2.21 bits per heavy atom. The lowest BCUT2D eigenvalue weighted by molar-refractivity contribution is -0.0441. The first kappa shape index (κ1) is 10.8. The summed E-state index contributed by atoms with van der Waals surface area (Å²) in [4.78, 5) is 10.0.